The molecule has 0 bridgehead atoms. The van der Waals surface area contributed by atoms with Crippen LogP contribution < -0.4 is 5.32 Å². The van der Waals surface area contributed by atoms with Gasteiger partial charge in [0.15, 0.2) is 5.78 Å². The van der Waals surface area contributed by atoms with E-state index in [1.54, 1.807) is 16.0 Å². The number of rotatable bonds is 12. The van der Waals surface area contributed by atoms with Gasteiger partial charge in [0.25, 0.3) is 0 Å². The summed E-state index contributed by atoms with van der Waals surface area (Å²) in [4.78, 5) is 61.6. The molecule has 1 aromatic rings. The molecular formula is C24H37N5O4. The molecule has 2 saturated heterocycles. The van der Waals surface area contributed by atoms with Crippen molar-refractivity contribution < 1.29 is 19.2 Å². The highest BCUT2D eigenvalue weighted by Gasteiger charge is 2.36. The number of hydrogen-bond donors (Lipinski definition) is 2. The SMILES string of the molecule is CCCCCC(=O)N1CCCC1C(=O)CC(Cc1cnc[nH]1)C(=O)NCC(=O)N1CCCC1. The molecular weight excluding hydrogens is 422 g/mol. The maximum absolute atomic E-state index is 13.2. The lowest BCUT2D eigenvalue weighted by molar-refractivity contribution is -0.139. The topological polar surface area (TPSA) is 115 Å². The van der Waals surface area contributed by atoms with E-state index in [-0.39, 0.29) is 36.5 Å². The number of aromatic amines is 1. The Kier molecular flexibility index (Phi) is 9.45. The lowest BCUT2D eigenvalue weighted by Crippen LogP contribution is -2.44. The quantitative estimate of drug-likeness (QED) is 0.463. The molecule has 0 aromatic carbocycles. The van der Waals surface area contributed by atoms with Gasteiger partial charge in [0.1, 0.15) is 0 Å². The Morgan fingerprint density at radius 2 is 1.91 bits per heavy atom. The third-order valence-electron chi connectivity index (χ3n) is 6.65. The second-order valence-electron chi connectivity index (χ2n) is 9.16. The molecule has 2 atom stereocenters. The van der Waals surface area contributed by atoms with E-state index in [1.165, 1.54) is 6.33 Å². The van der Waals surface area contributed by atoms with Crippen molar-refractivity contribution in [1.29, 1.82) is 0 Å². The fourth-order valence-corrected chi connectivity index (χ4v) is 4.75. The molecule has 0 saturated carbocycles. The van der Waals surface area contributed by atoms with Gasteiger partial charge in [0.2, 0.25) is 17.7 Å². The van der Waals surface area contributed by atoms with Gasteiger partial charge in [0.05, 0.1) is 24.8 Å². The minimum atomic E-state index is -0.623. The monoisotopic (exact) mass is 459 g/mol. The van der Waals surface area contributed by atoms with Gasteiger partial charge < -0.3 is 20.1 Å². The van der Waals surface area contributed by atoms with E-state index >= 15 is 0 Å². The molecule has 182 valence electrons. The van der Waals surface area contributed by atoms with Gasteiger partial charge in [-0.15, -0.1) is 0 Å². The van der Waals surface area contributed by atoms with Crippen LogP contribution in [0.15, 0.2) is 12.5 Å². The van der Waals surface area contributed by atoms with Crippen LogP contribution in [0.2, 0.25) is 0 Å². The minimum Gasteiger partial charge on any atom is -0.348 e. The summed E-state index contributed by atoms with van der Waals surface area (Å²) in [5.74, 6) is -1.08. The average molecular weight is 460 g/mol. The van der Waals surface area contributed by atoms with E-state index in [9.17, 15) is 19.2 Å². The molecule has 3 amide bonds. The van der Waals surface area contributed by atoms with Crippen molar-refractivity contribution in [2.75, 3.05) is 26.2 Å². The minimum absolute atomic E-state index is 0.0325. The number of Topliss-reactive ketones (excluding diaryl/α,β-unsaturated/α-hetero) is 1. The molecule has 3 rings (SSSR count). The zero-order valence-electron chi connectivity index (χ0n) is 19.7. The van der Waals surface area contributed by atoms with Crippen molar-refractivity contribution in [3.63, 3.8) is 0 Å². The van der Waals surface area contributed by atoms with E-state index in [4.69, 9.17) is 0 Å². The average Bonchev–Trinajstić information content (AvgIpc) is 3.58. The summed E-state index contributed by atoms with van der Waals surface area (Å²) in [6.07, 6.45) is 10.3. The second kappa shape index (κ2) is 12.5. The van der Waals surface area contributed by atoms with E-state index < -0.39 is 12.0 Å². The van der Waals surface area contributed by atoms with Crippen LogP contribution in [0.4, 0.5) is 0 Å². The predicted molar refractivity (Wildman–Crippen MR) is 123 cm³/mol. The number of likely N-dealkylation sites (tertiary alicyclic amines) is 2. The molecule has 2 unspecified atom stereocenters. The fourth-order valence-electron chi connectivity index (χ4n) is 4.75. The molecule has 9 nitrogen and oxygen atoms in total. The van der Waals surface area contributed by atoms with E-state index in [0.717, 1.165) is 57.3 Å². The van der Waals surface area contributed by atoms with Crippen LogP contribution in [0.25, 0.3) is 0 Å². The Morgan fingerprint density at radius 1 is 1.12 bits per heavy atom. The lowest BCUT2D eigenvalue weighted by atomic mass is 9.92. The number of nitrogens with zero attached hydrogens (tertiary/aromatic N) is 3. The van der Waals surface area contributed by atoms with Gasteiger partial charge in [-0.25, -0.2) is 4.98 Å². The summed E-state index contributed by atoms with van der Waals surface area (Å²) in [7, 11) is 0. The number of nitrogens with one attached hydrogen (secondary N) is 2. The highest BCUT2D eigenvalue weighted by Crippen LogP contribution is 2.23. The van der Waals surface area contributed by atoms with Crippen molar-refractivity contribution >= 4 is 23.5 Å². The van der Waals surface area contributed by atoms with Gasteiger partial charge in [-0.2, -0.15) is 0 Å². The largest absolute Gasteiger partial charge is 0.348 e. The fraction of sp³-hybridized carbons (Fsp3) is 0.708. The molecule has 33 heavy (non-hydrogen) atoms. The normalized spacial score (nSPS) is 19.0. The summed E-state index contributed by atoms with van der Waals surface area (Å²) >= 11 is 0. The Bertz CT molecular complexity index is 804. The van der Waals surface area contributed by atoms with Crippen molar-refractivity contribution in [3.05, 3.63) is 18.2 Å². The van der Waals surface area contributed by atoms with E-state index in [2.05, 4.69) is 22.2 Å². The molecule has 2 fully saturated rings. The first-order valence-corrected chi connectivity index (χ1v) is 12.3. The number of unbranched alkanes of at least 4 members (excludes halogenated alkanes) is 2. The molecule has 1 aromatic heterocycles. The Balaban J connectivity index is 1.60. The van der Waals surface area contributed by atoms with Crippen LogP contribution >= 0.6 is 0 Å². The lowest BCUT2D eigenvalue weighted by Gasteiger charge is -2.25. The molecule has 0 radical (unpaired) electrons. The first-order chi connectivity index (χ1) is 16.0. The third kappa shape index (κ3) is 7.14. The molecule has 9 heteroatoms. The summed E-state index contributed by atoms with van der Waals surface area (Å²) in [5, 5.41) is 2.74. The van der Waals surface area contributed by atoms with Crippen molar-refractivity contribution in [3.8, 4) is 0 Å². The summed E-state index contributed by atoms with van der Waals surface area (Å²) < 4.78 is 0. The molecule has 3 heterocycles. The first kappa shape index (κ1) is 24.9. The number of carbonyl (C=O) groups is 4. The number of carbonyl (C=O) groups excluding carboxylic acids is 4. The van der Waals surface area contributed by atoms with E-state index in [1.807, 2.05) is 0 Å². The third-order valence-corrected chi connectivity index (χ3v) is 6.65. The van der Waals surface area contributed by atoms with Crippen LogP contribution in [0.3, 0.4) is 0 Å². The molecule has 0 aliphatic carbocycles. The van der Waals surface area contributed by atoms with Gasteiger partial charge >= 0.3 is 0 Å². The molecule has 2 aliphatic heterocycles. The van der Waals surface area contributed by atoms with Crippen LogP contribution in [0.1, 0.15) is 70.4 Å². The highest BCUT2D eigenvalue weighted by atomic mass is 16.2. The molecule has 2 aliphatic rings. The number of amides is 3. The van der Waals surface area contributed by atoms with Crippen molar-refractivity contribution in [2.24, 2.45) is 5.92 Å². The van der Waals surface area contributed by atoms with Crippen LogP contribution in [-0.4, -0.2) is 75.5 Å². The number of ketones is 1. The van der Waals surface area contributed by atoms with Crippen LogP contribution in [0.5, 0.6) is 0 Å². The predicted octanol–water partition coefficient (Wildman–Crippen LogP) is 1.84. The summed E-state index contributed by atoms with van der Waals surface area (Å²) in [6, 6.07) is -0.456. The van der Waals surface area contributed by atoms with Gasteiger partial charge in [0, 0.05) is 50.8 Å². The van der Waals surface area contributed by atoms with Gasteiger partial charge in [-0.1, -0.05) is 19.8 Å². The number of H-pyrrole nitrogens is 1. The number of aromatic nitrogens is 2. The zero-order chi connectivity index (χ0) is 23.6. The zero-order valence-corrected chi connectivity index (χ0v) is 19.7. The Labute approximate surface area is 195 Å². The van der Waals surface area contributed by atoms with Gasteiger partial charge in [-0.05, 0) is 32.1 Å². The Morgan fingerprint density at radius 3 is 2.61 bits per heavy atom. The Hall–Kier alpha value is -2.71. The number of imidazole rings is 1. The van der Waals surface area contributed by atoms with Crippen LogP contribution in [0, 0.1) is 5.92 Å². The van der Waals surface area contributed by atoms with Crippen LogP contribution in [-0.2, 0) is 25.6 Å². The summed E-state index contributed by atoms with van der Waals surface area (Å²) in [5.41, 5.74) is 0.757. The highest BCUT2D eigenvalue weighted by molar-refractivity contribution is 5.93. The molecule has 0 spiro atoms. The van der Waals surface area contributed by atoms with E-state index in [0.29, 0.717) is 25.8 Å². The van der Waals surface area contributed by atoms with Gasteiger partial charge in [-0.3, -0.25) is 19.2 Å². The maximum Gasteiger partial charge on any atom is 0.241 e. The summed E-state index contributed by atoms with van der Waals surface area (Å²) in [6.45, 7) is 4.10. The maximum atomic E-state index is 13.2. The number of hydrogen-bond acceptors (Lipinski definition) is 5. The standard InChI is InChI=1S/C24H37N5O4/c1-2-3-4-9-22(31)29-12-7-8-20(29)21(30)14-18(13-19-15-25-17-27-19)24(33)26-16-23(32)28-10-5-6-11-28/h15,17-18,20H,2-14,16H2,1H3,(H,25,27)(H,26,33). The second-order valence-corrected chi connectivity index (χ2v) is 9.16. The van der Waals surface area contributed by atoms with Crippen molar-refractivity contribution in [2.45, 2.75) is 77.2 Å². The smallest absolute Gasteiger partial charge is 0.241 e. The van der Waals surface area contributed by atoms with Crippen molar-refractivity contribution in [1.82, 2.24) is 25.1 Å². The first-order valence-electron chi connectivity index (χ1n) is 12.3. The molecule has 2 N–H and O–H groups in total.